The van der Waals surface area contributed by atoms with Crippen molar-refractivity contribution >= 4 is 29.1 Å². The van der Waals surface area contributed by atoms with Crippen molar-refractivity contribution in [3.05, 3.63) is 51.5 Å². The van der Waals surface area contributed by atoms with Crippen LogP contribution in [0.3, 0.4) is 0 Å². The molecule has 2 aromatic rings. The van der Waals surface area contributed by atoms with Gasteiger partial charge in [0, 0.05) is 25.3 Å². The first-order valence-corrected chi connectivity index (χ1v) is 10.9. The van der Waals surface area contributed by atoms with E-state index in [1.807, 2.05) is 12.1 Å². The molecular formula is C23H27Cl2NO4. The van der Waals surface area contributed by atoms with Crippen LogP contribution in [0.1, 0.15) is 48.5 Å². The van der Waals surface area contributed by atoms with Crippen molar-refractivity contribution in [1.29, 1.82) is 0 Å². The normalized spacial score (nSPS) is 14.6. The standard InChI is InChI=1S/C23H27Cl2NO4/c1-14(2)18-12-16(4-7-20(18)28-3)30-22-19(24)6-5-17(21(22)25)23(27)26-13-15-8-10-29-11-9-15/h4-7,12,14-15H,8-11,13H2,1-3H3,(H,26,27). The highest BCUT2D eigenvalue weighted by molar-refractivity contribution is 6.39. The summed E-state index contributed by atoms with van der Waals surface area (Å²) in [7, 11) is 1.64. The molecule has 1 N–H and O–H groups in total. The number of amides is 1. The summed E-state index contributed by atoms with van der Waals surface area (Å²) < 4.78 is 16.8. The molecule has 1 aliphatic rings. The van der Waals surface area contributed by atoms with Gasteiger partial charge in [-0.15, -0.1) is 0 Å². The summed E-state index contributed by atoms with van der Waals surface area (Å²) in [5, 5.41) is 3.49. The highest BCUT2D eigenvalue weighted by Crippen LogP contribution is 2.40. The van der Waals surface area contributed by atoms with Crippen molar-refractivity contribution in [3.63, 3.8) is 0 Å². The number of carbonyl (C=O) groups excluding carboxylic acids is 1. The molecular weight excluding hydrogens is 425 g/mol. The van der Waals surface area contributed by atoms with Gasteiger partial charge < -0.3 is 19.5 Å². The fourth-order valence-corrected chi connectivity index (χ4v) is 3.96. The topological polar surface area (TPSA) is 56.8 Å². The van der Waals surface area contributed by atoms with Crippen LogP contribution in [-0.4, -0.2) is 32.8 Å². The van der Waals surface area contributed by atoms with Gasteiger partial charge in [0.25, 0.3) is 5.91 Å². The van der Waals surface area contributed by atoms with Crippen LogP contribution in [0.4, 0.5) is 0 Å². The summed E-state index contributed by atoms with van der Waals surface area (Å²) in [6, 6.07) is 8.77. The van der Waals surface area contributed by atoms with Crippen molar-refractivity contribution in [2.45, 2.75) is 32.6 Å². The second-order valence-corrected chi connectivity index (χ2v) is 8.45. The Kier molecular flexibility index (Phi) is 7.87. The Morgan fingerprint density at radius 1 is 1.20 bits per heavy atom. The molecule has 1 saturated heterocycles. The van der Waals surface area contributed by atoms with Crippen LogP contribution < -0.4 is 14.8 Å². The summed E-state index contributed by atoms with van der Waals surface area (Å²) in [6.07, 6.45) is 1.89. The molecule has 162 valence electrons. The Balaban J connectivity index is 1.79. The minimum absolute atomic E-state index is 0.189. The predicted octanol–water partition coefficient (Wildman–Crippen LogP) is 6.07. The van der Waals surface area contributed by atoms with E-state index in [0.717, 1.165) is 37.4 Å². The van der Waals surface area contributed by atoms with Crippen molar-refractivity contribution in [3.8, 4) is 17.2 Å². The van der Waals surface area contributed by atoms with Crippen LogP contribution in [0.25, 0.3) is 0 Å². The maximum Gasteiger partial charge on any atom is 0.252 e. The minimum Gasteiger partial charge on any atom is -0.496 e. The van der Waals surface area contributed by atoms with Crippen LogP contribution in [0, 0.1) is 5.92 Å². The highest BCUT2D eigenvalue weighted by atomic mass is 35.5. The number of halogens is 2. The molecule has 1 aliphatic heterocycles. The number of rotatable bonds is 7. The van der Waals surface area contributed by atoms with Gasteiger partial charge in [-0.05, 0) is 55.0 Å². The molecule has 1 fully saturated rings. The average molecular weight is 452 g/mol. The van der Waals surface area contributed by atoms with Gasteiger partial charge in [-0.2, -0.15) is 0 Å². The van der Waals surface area contributed by atoms with Gasteiger partial charge in [-0.1, -0.05) is 37.0 Å². The lowest BCUT2D eigenvalue weighted by atomic mass is 10.0. The van der Waals surface area contributed by atoms with E-state index in [1.165, 1.54) is 0 Å². The maximum absolute atomic E-state index is 12.7. The van der Waals surface area contributed by atoms with Gasteiger partial charge >= 0.3 is 0 Å². The van der Waals surface area contributed by atoms with E-state index in [1.54, 1.807) is 25.3 Å². The van der Waals surface area contributed by atoms with Crippen LogP contribution in [0.5, 0.6) is 17.2 Å². The zero-order chi connectivity index (χ0) is 21.7. The third-order valence-electron chi connectivity index (χ3n) is 5.23. The molecule has 2 aromatic carbocycles. The van der Waals surface area contributed by atoms with E-state index in [4.69, 9.17) is 37.4 Å². The zero-order valence-electron chi connectivity index (χ0n) is 17.5. The summed E-state index contributed by atoms with van der Waals surface area (Å²) in [6.45, 7) is 6.21. The molecule has 5 nitrogen and oxygen atoms in total. The van der Waals surface area contributed by atoms with Crippen molar-refractivity contribution in [2.24, 2.45) is 5.92 Å². The smallest absolute Gasteiger partial charge is 0.252 e. The Bertz CT molecular complexity index is 895. The van der Waals surface area contributed by atoms with Gasteiger partial charge in [0.05, 0.1) is 22.7 Å². The molecule has 0 atom stereocenters. The van der Waals surface area contributed by atoms with E-state index < -0.39 is 0 Å². The quantitative estimate of drug-likeness (QED) is 0.554. The van der Waals surface area contributed by atoms with Crippen molar-refractivity contribution in [2.75, 3.05) is 26.9 Å². The van der Waals surface area contributed by atoms with Crippen LogP contribution >= 0.6 is 23.2 Å². The van der Waals surface area contributed by atoms with Gasteiger partial charge in [0.2, 0.25) is 0 Å². The van der Waals surface area contributed by atoms with Gasteiger partial charge in [-0.3, -0.25) is 4.79 Å². The molecule has 1 amide bonds. The Morgan fingerprint density at radius 3 is 2.60 bits per heavy atom. The van der Waals surface area contributed by atoms with E-state index in [-0.39, 0.29) is 22.6 Å². The van der Waals surface area contributed by atoms with E-state index >= 15 is 0 Å². The molecule has 30 heavy (non-hydrogen) atoms. The first-order chi connectivity index (χ1) is 14.4. The summed E-state index contributed by atoms with van der Waals surface area (Å²) >= 11 is 12.9. The molecule has 0 aromatic heterocycles. The van der Waals surface area contributed by atoms with Crippen molar-refractivity contribution in [1.82, 2.24) is 5.32 Å². The number of hydrogen-bond acceptors (Lipinski definition) is 4. The van der Waals surface area contributed by atoms with Crippen LogP contribution in [-0.2, 0) is 4.74 Å². The summed E-state index contributed by atoms with van der Waals surface area (Å²) in [5.41, 5.74) is 1.34. The Hall–Kier alpha value is -1.95. The number of ether oxygens (including phenoxy) is 3. The average Bonchev–Trinajstić information content (AvgIpc) is 2.75. The molecule has 0 unspecified atom stereocenters. The number of benzene rings is 2. The van der Waals surface area contributed by atoms with Crippen molar-refractivity contribution < 1.29 is 19.0 Å². The third kappa shape index (κ3) is 5.39. The lowest BCUT2D eigenvalue weighted by Gasteiger charge is -2.22. The number of carbonyl (C=O) groups is 1. The molecule has 0 bridgehead atoms. The second-order valence-electron chi connectivity index (χ2n) is 7.66. The van der Waals surface area contributed by atoms with Gasteiger partial charge in [0.1, 0.15) is 11.5 Å². The van der Waals surface area contributed by atoms with E-state index in [9.17, 15) is 4.79 Å². The third-order valence-corrected chi connectivity index (χ3v) is 5.90. The number of methoxy groups -OCH3 is 1. The molecule has 0 radical (unpaired) electrons. The van der Waals surface area contributed by atoms with Crippen LogP contribution in [0.15, 0.2) is 30.3 Å². The lowest BCUT2D eigenvalue weighted by molar-refractivity contribution is 0.0642. The molecule has 3 rings (SSSR count). The molecule has 0 saturated carbocycles. The molecule has 7 heteroatoms. The van der Waals surface area contributed by atoms with E-state index in [0.29, 0.717) is 28.8 Å². The van der Waals surface area contributed by atoms with Gasteiger partial charge in [0.15, 0.2) is 5.75 Å². The lowest BCUT2D eigenvalue weighted by Crippen LogP contribution is -2.32. The molecule has 1 heterocycles. The minimum atomic E-state index is -0.245. The first kappa shape index (κ1) is 22.7. The predicted molar refractivity (Wildman–Crippen MR) is 119 cm³/mol. The first-order valence-electron chi connectivity index (χ1n) is 10.1. The maximum atomic E-state index is 12.7. The SMILES string of the molecule is COc1ccc(Oc2c(Cl)ccc(C(=O)NCC3CCOCC3)c2Cl)cc1C(C)C. The van der Waals surface area contributed by atoms with Gasteiger partial charge in [-0.25, -0.2) is 0 Å². The second kappa shape index (κ2) is 10.4. The number of hydrogen-bond donors (Lipinski definition) is 1. The van der Waals surface area contributed by atoms with Crippen LogP contribution in [0.2, 0.25) is 10.0 Å². The summed E-state index contributed by atoms with van der Waals surface area (Å²) in [4.78, 5) is 12.7. The summed E-state index contributed by atoms with van der Waals surface area (Å²) in [5.74, 6) is 2.04. The Morgan fingerprint density at radius 2 is 1.93 bits per heavy atom. The Labute approximate surface area is 187 Å². The molecule has 0 spiro atoms. The fraction of sp³-hybridized carbons (Fsp3) is 0.435. The van der Waals surface area contributed by atoms with E-state index in [2.05, 4.69) is 19.2 Å². The molecule has 0 aliphatic carbocycles. The monoisotopic (exact) mass is 451 g/mol. The largest absolute Gasteiger partial charge is 0.496 e. The number of nitrogens with one attached hydrogen (secondary N) is 1. The highest BCUT2D eigenvalue weighted by Gasteiger charge is 2.21. The zero-order valence-corrected chi connectivity index (χ0v) is 19.0. The fourth-order valence-electron chi connectivity index (χ4n) is 3.43.